The van der Waals surface area contributed by atoms with Crippen LogP contribution in [0.5, 0.6) is 0 Å². The first-order valence-electron chi connectivity index (χ1n) is 7.70. The van der Waals surface area contributed by atoms with E-state index in [2.05, 4.69) is 4.99 Å². The van der Waals surface area contributed by atoms with Gasteiger partial charge in [-0.2, -0.15) is 0 Å². The third-order valence-electron chi connectivity index (χ3n) is 3.46. The van der Waals surface area contributed by atoms with Crippen molar-refractivity contribution in [2.45, 2.75) is 13.8 Å². The van der Waals surface area contributed by atoms with Gasteiger partial charge in [0.05, 0.1) is 17.9 Å². The fourth-order valence-electron chi connectivity index (χ4n) is 2.11. The third kappa shape index (κ3) is 4.30. The molecule has 2 rings (SSSR count). The van der Waals surface area contributed by atoms with Gasteiger partial charge in [0, 0.05) is 12.3 Å². The smallest absolute Gasteiger partial charge is 0.343 e. The van der Waals surface area contributed by atoms with E-state index in [1.54, 1.807) is 38.1 Å². The number of ether oxygens (including phenoxy) is 1. The Hall–Kier alpha value is -3.09. The average molecular weight is 363 g/mol. The zero-order chi connectivity index (χ0) is 19.3. The molecule has 0 atom stereocenters. The van der Waals surface area contributed by atoms with Crippen LogP contribution in [0.4, 0.5) is 18.9 Å². The number of rotatable bonds is 5. The van der Waals surface area contributed by atoms with Crippen LogP contribution in [-0.2, 0) is 9.53 Å². The summed E-state index contributed by atoms with van der Waals surface area (Å²) in [6.07, 6.45) is 0.996. The Labute approximate surface area is 148 Å². The topological polar surface area (TPSA) is 58.9 Å². The van der Waals surface area contributed by atoms with E-state index in [4.69, 9.17) is 4.74 Å². The first-order chi connectivity index (χ1) is 12.3. The van der Waals surface area contributed by atoms with Gasteiger partial charge in [-0.15, -0.1) is 0 Å². The molecule has 1 N–H and O–H groups in total. The normalized spacial score (nSPS) is 12.2. The summed E-state index contributed by atoms with van der Waals surface area (Å²) >= 11 is 0. The van der Waals surface area contributed by atoms with E-state index >= 15 is 0 Å². The maximum atomic E-state index is 13.9. The fourth-order valence-corrected chi connectivity index (χ4v) is 2.11. The van der Waals surface area contributed by atoms with Gasteiger partial charge in [-0.3, -0.25) is 4.99 Å². The Balaban J connectivity index is 2.56. The molecule has 0 aromatic heterocycles. The van der Waals surface area contributed by atoms with Crippen molar-refractivity contribution < 1.29 is 27.8 Å². The van der Waals surface area contributed by atoms with Crippen LogP contribution < -0.4 is 0 Å². The Morgan fingerprint density at radius 1 is 1.15 bits per heavy atom. The van der Waals surface area contributed by atoms with Crippen molar-refractivity contribution >= 4 is 23.6 Å². The van der Waals surface area contributed by atoms with Crippen molar-refractivity contribution in [1.29, 1.82) is 0 Å². The van der Waals surface area contributed by atoms with E-state index in [1.807, 2.05) is 0 Å². The van der Waals surface area contributed by atoms with Crippen LogP contribution in [0.1, 0.15) is 18.1 Å². The number of carbonyl (C=O) groups is 1. The molecule has 0 aliphatic rings. The van der Waals surface area contributed by atoms with Gasteiger partial charge in [0.2, 0.25) is 0 Å². The van der Waals surface area contributed by atoms with Crippen molar-refractivity contribution in [2.75, 3.05) is 6.61 Å². The number of halogens is 3. The van der Waals surface area contributed by atoms with Crippen molar-refractivity contribution in [3.8, 4) is 0 Å². The molecule has 0 fully saturated rings. The van der Waals surface area contributed by atoms with Crippen molar-refractivity contribution in [2.24, 2.45) is 4.99 Å². The van der Waals surface area contributed by atoms with E-state index in [9.17, 15) is 23.1 Å². The van der Waals surface area contributed by atoms with Gasteiger partial charge in [0.15, 0.2) is 11.6 Å². The lowest BCUT2D eigenvalue weighted by molar-refractivity contribution is -0.137. The van der Waals surface area contributed by atoms with Gasteiger partial charge in [-0.1, -0.05) is 18.2 Å². The highest BCUT2D eigenvalue weighted by Crippen LogP contribution is 2.24. The Morgan fingerprint density at radius 2 is 1.81 bits per heavy atom. The maximum absolute atomic E-state index is 13.9. The predicted molar refractivity (Wildman–Crippen MR) is 91.8 cm³/mol. The van der Waals surface area contributed by atoms with Crippen LogP contribution >= 0.6 is 0 Å². The highest BCUT2D eigenvalue weighted by atomic mass is 19.2. The molecule has 4 nitrogen and oxygen atoms in total. The third-order valence-corrected chi connectivity index (χ3v) is 3.46. The molecule has 2 aromatic rings. The number of carbonyl (C=O) groups excluding carboxylic acids is 1. The van der Waals surface area contributed by atoms with Crippen molar-refractivity contribution in [3.63, 3.8) is 0 Å². The molecule has 0 spiro atoms. The number of para-hydroxylation sites is 1. The molecule has 0 heterocycles. The van der Waals surface area contributed by atoms with Gasteiger partial charge in [-0.05, 0) is 31.5 Å². The molecule has 0 saturated carbocycles. The largest absolute Gasteiger partial charge is 0.506 e. The molecular formula is C19H16F3NO3. The number of hydrogen-bond donors (Lipinski definition) is 1. The number of nitrogens with zero attached hydrogens (tertiary/aromatic N) is 1. The quantitative estimate of drug-likeness (QED) is 0.277. The summed E-state index contributed by atoms with van der Waals surface area (Å²) in [5, 5.41) is 10.3. The van der Waals surface area contributed by atoms with Crippen LogP contribution in [0, 0.1) is 24.4 Å². The Morgan fingerprint density at radius 3 is 2.46 bits per heavy atom. The maximum Gasteiger partial charge on any atom is 0.343 e. The highest BCUT2D eigenvalue weighted by Gasteiger charge is 2.21. The summed E-state index contributed by atoms with van der Waals surface area (Å²) in [4.78, 5) is 16.2. The van der Waals surface area contributed by atoms with Crippen molar-refractivity contribution in [1.82, 2.24) is 0 Å². The molecule has 2 aromatic carbocycles. The Bertz CT molecular complexity index is 892. The van der Waals surface area contributed by atoms with Crippen LogP contribution in [0.15, 0.2) is 47.0 Å². The van der Waals surface area contributed by atoms with Gasteiger partial charge >= 0.3 is 5.97 Å². The zero-order valence-electron chi connectivity index (χ0n) is 14.1. The monoisotopic (exact) mass is 363 g/mol. The predicted octanol–water partition coefficient (Wildman–Crippen LogP) is 4.65. The minimum atomic E-state index is -1.41. The van der Waals surface area contributed by atoms with E-state index in [-0.39, 0.29) is 12.7 Å². The molecule has 0 saturated heterocycles. The van der Waals surface area contributed by atoms with E-state index in [0.717, 1.165) is 11.8 Å². The van der Waals surface area contributed by atoms with Gasteiger partial charge < -0.3 is 9.84 Å². The lowest BCUT2D eigenvalue weighted by atomic mass is 10.1. The van der Waals surface area contributed by atoms with E-state index in [1.165, 1.54) is 0 Å². The Kier molecular flexibility index (Phi) is 6.16. The van der Waals surface area contributed by atoms with Gasteiger partial charge in [0.1, 0.15) is 17.1 Å². The molecule has 0 aliphatic heterocycles. The summed E-state index contributed by atoms with van der Waals surface area (Å²) in [6.45, 7) is 3.33. The highest BCUT2D eigenvalue weighted by molar-refractivity contribution is 6.15. The number of hydrogen-bond acceptors (Lipinski definition) is 4. The second kappa shape index (κ2) is 8.33. The minimum absolute atomic E-state index is 0.00587. The summed E-state index contributed by atoms with van der Waals surface area (Å²) in [5.74, 6) is -5.89. The number of aryl methyl sites for hydroxylation is 1. The van der Waals surface area contributed by atoms with Crippen molar-refractivity contribution in [3.05, 3.63) is 70.5 Å². The molecule has 0 amide bonds. The molecule has 26 heavy (non-hydrogen) atoms. The molecule has 0 aliphatic carbocycles. The van der Waals surface area contributed by atoms with Gasteiger partial charge in [-0.25, -0.2) is 18.0 Å². The summed E-state index contributed by atoms with van der Waals surface area (Å²) in [5.41, 5.74) is 0.140. The summed E-state index contributed by atoms with van der Waals surface area (Å²) < 4.78 is 45.2. The lowest BCUT2D eigenvalue weighted by Crippen LogP contribution is -2.12. The zero-order valence-corrected chi connectivity index (χ0v) is 14.1. The van der Waals surface area contributed by atoms with Crippen LogP contribution in [0.3, 0.4) is 0 Å². The number of aliphatic hydroxyl groups is 1. The van der Waals surface area contributed by atoms with Crippen LogP contribution in [0.25, 0.3) is 5.76 Å². The SMILES string of the molecule is CCOC(=O)/C(C=Nc1ccccc1C)=C(\O)c1cc(F)c(F)cc1F. The number of aliphatic imine (C=N–C) groups is 1. The summed E-state index contributed by atoms with van der Waals surface area (Å²) in [6, 6.07) is 7.72. The average Bonchev–Trinajstić information content (AvgIpc) is 2.60. The summed E-state index contributed by atoms with van der Waals surface area (Å²) in [7, 11) is 0. The first-order valence-corrected chi connectivity index (χ1v) is 7.70. The van der Waals surface area contributed by atoms with Crippen LogP contribution in [-0.4, -0.2) is 23.9 Å². The second-order valence-electron chi connectivity index (χ2n) is 5.27. The molecule has 0 bridgehead atoms. The molecular weight excluding hydrogens is 347 g/mol. The molecule has 0 unspecified atom stereocenters. The number of benzene rings is 2. The molecule has 7 heteroatoms. The molecule has 0 radical (unpaired) electrons. The fraction of sp³-hybridized carbons (Fsp3) is 0.158. The van der Waals surface area contributed by atoms with Crippen LogP contribution in [0.2, 0.25) is 0 Å². The number of aliphatic hydroxyl groups excluding tert-OH is 1. The molecule has 136 valence electrons. The standard InChI is InChI=1S/C19H16F3NO3/c1-3-26-19(25)13(10-23-17-7-5-4-6-11(17)2)18(24)12-8-15(21)16(22)9-14(12)20/h4-10,24H,3H2,1-2H3/b18-13-,23-10?. The second-order valence-corrected chi connectivity index (χ2v) is 5.27. The lowest BCUT2D eigenvalue weighted by Gasteiger charge is -2.08. The minimum Gasteiger partial charge on any atom is -0.506 e. The number of esters is 1. The van der Waals surface area contributed by atoms with E-state index in [0.29, 0.717) is 11.8 Å². The van der Waals surface area contributed by atoms with Gasteiger partial charge in [0.25, 0.3) is 0 Å². The first kappa shape index (κ1) is 19.2. The van der Waals surface area contributed by atoms with E-state index < -0.39 is 40.3 Å².